The average molecular weight is 273 g/mol. The molecule has 0 saturated carbocycles. The van der Waals surface area contributed by atoms with Crippen LogP contribution in [0.4, 0.5) is 0 Å². The second-order valence-corrected chi connectivity index (χ2v) is 6.37. The molecule has 0 unspecified atom stereocenters. The van der Waals surface area contributed by atoms with Gasteiger partial charge in [-0.3, -0.25) is 4.68 Å². The van der Waals surface area contributed by atoms with Crippen molar-refractivity contribution in [1.29, 1.82) is 0 Å². The maximum absolute atomic E-state index is 12.4. The molecular formula is C10H15N3O4S. The van der Waals surface area contributed by atoms with Crippen molar-refractivity contribution < 1.29 is 17.9 Å². The molecule has 1 aromatic rings. The van der Waals surface area contributed by atoms with Crippen LogP contribution in [0.1, 0.15) is 6.42 Å². The van der Waals surface area contributed by atoms with Gasteiger partial charge >= 0.3 is 0 Å². The third kappa shape index (κ3) is 1.76. The highest BCUT2D eigenvalue weighted by Crippen LogP contribution is 2.33. The monoisotopic (exact) mass is 273 g/mol. The van der Waals surface area contributed by atoms with Crippen molar-refractivity contribution in [2.75, 3.05) is 26.3 Å². The molecule has 3 rings (SSSR count). The number of nitrogens with zero attached hydrogens (tertiary/aromatic N) is 3. The summed E-state index contributed by atoms with van der Waals surface area (Å²) in [6.07, 6.45) is 2.05. The first-order valence-electron chi connectivity index (χ1n) is 5.80. The fourth-order valence-electron chi connectivity index (χ4n) is 2.41. The zero-order valence-corrected chi connectivity index (χ0v) is 10.9. The minimum absolute atomic E-state index is 0.192. The molecule has 8 heteroatoms. The summed E-state index contributed by atoms with van der Waals surface area (Å²) in [4.78, 5) is 0. The lowest BCUT2D eigenvalue weighted by atomic mass is 10.2. The van der Waals surface area contributed by atoms with Crippen molar-refractivity contribution >= 4 is 10.0 Å². The molecule has 0 amide bonds. The number of rotatable bonds is 2. The SMILES string of the molecule is Cn1nccc1S(=O)(=O)N1CCC2(C1)OCCO2. The summed E-state index contributed by atoms with van der Waals surface area (Å²) < 4.78 is 38.6. The quantitative estimate of drug-likeness (QED) is 0.730. The number of sulfonamides is 1. The zero-order chi connectivity index (χ0) is 12.8. The van der Waals surface area contributed by atoms with E-state index in [4.69, 9.17) is 9.47 Å². The van der Waals surface area contributed by atoms with Gasteiger partial charge in [-0.25, -0.2) is 8.42 Å². The molecule has 0 bridgehead atoms. The van der Waals surface area contributed by atoms with E-state index >= 15 is 0 Å². The van der Waals surface area contributed by atoms with Gasteiger partial charge in [0.1, 0.15) is 0 Å². The standard InChI is InChI=1S/C10H15N3O4S/c1-12-9(2-4-11-12)18(14,15)13-5-3-10(8-13)16-6-7-17-10/h2,4H,3,5-8H2,1H3. The molecule has 0 aliphatic carbocycles. The van der Waals surface area contributed by atoms with Gasteiger partial charge in [0.25, 0.3) is 10.0 Å². The lowest BCUT2D eigenvalue weighted by Gasteiger charge is -2.22. The molecule has 2 fully saturated rings. The minimum atomic E-state index is -3.52. The highest BCUT2D eigenvalue weighted by molar-refractivity contribution is 7.89. The molecule has 18 heavy (non-hydrogen) atoms. The van der Waals surface area contributed by atoms with Crippen molar-refractivity contribution in [2.45, 2.75) is 17.2 Å². The van der Waals surface area contributed by atoms with Gasteiger partial charge in [-0.1, -0.05) is 0 Å². The van der Waals surface area contributed by atoms with Crippen LogP contribution in [0.5, 0.6) is 0 Å². The van der Waals surface area contributed by atoms with E-state index in [1.165, 1.54) is 21.3 Å². The minimum Gasteiger partial charge on any atom is -0.346 e. The van der Waals surface area contributed by atoms with Crippen LogP contribution in [0.15, 0.2) is 17.3 Å². The van der Waals surface area contributed by atoms with Crippen LogP contribution in [0, 0.1) is 0 Å². The maximum atomic E-state index is 12.4. The smallest absolute Gasteiger partial charge is 0.260 e. The number of ether oxygens (including phenoxy) is 2. The molecular weight excluding hydrogens is 258 g/mol. The molecule has 2 aliphatic rings. The lowest BCUT2D eigenvalue weighted by molar-refractivity contribution is -0.142. The van der Waals surface area contributed by atoms with E-state index in [2.05, 4.69) is 5.10 Å². The molecule has 0 atom stereocenters. The molecule has 1 aromatic heterocycles. The molecule has 2 aliphatic heterocycles. The Balaban J connectivity index is 1.86. The van der Waals surface area contributed by atoms with E-state index < -0.39 is 15.8 Å². The molecule has 2 saturated heterocycles. The molecule has 0 radical (unpaired) electrons. The highest BCUT2D eigenvalue weighted by Gasteiger charge is 2.47. The van der Waals surface area contributed by atoms with E-state index in [9.17, 15) is 8.42 Å². The Hall–Kier alpha value is -0.960. The number of aromatic nitrogens is 2. The van der Waals surface area contributed by atoms with Crippen LogP contribution in [-0.4, -0.2) is 54.6 Å². The summed E-state index contributed by atoms with van der Waals surface area (Å²) in [6, 6.07) is 1.50. The van der Waals surface area contributed by atoms with E-state index in [1.807, 2.05) is 0 Å². The molecule has 100 valence electrons. The summed E-state index contributed by atoms with van der Waals surface area (Å²) >= 11 is 0. The van der Waals surface area contributed by atoms with E-state index in [-0.39, 0.29) is 11.6 Å². The first-order chi connectivity index (χ1) is 8.54. The van der Waals surface area contributed by atoms with Crippen molar-refractivity contribution in [1.82, 2.24) is 14.1 Å². The molecule has 1 spiro atoms. The Morgan fingerprint density at radius 3 is 2.72 bits per heavy atom. The van der Waals surface area contributed by atoms with Crippen molar-refractivity contribution in [3.8, 4) is 0 Å². The normalized spacial score (nSPS) is 24.1. The second-order valence-electron chi connectivity index (χ2n) is 4.49. The van der Waals surface area contributed by atoms with Crippen LogP contribution in [-0.2, 0) is 26.5 Å². The van der Waals surface area contributed by atoms with Crippen molar-refractivity contribution in [3.05, 3.63) is 12.3 Å². The predicted octanol–water partition coefficient (Wildman–Crippen LogP) is -0.442. The van der Waals surface area contributed by atoms with Gasteiger partial charge in [-0.2, -0.15) is 9.40 Å². The summed E-state index contributed by atoms with van der Waals surface area (Å²) in [6.45, 7) is 1.72. The van der Waals surface area contributed by atoms with Gasteiger partial charge in [-0.05, 0) is 6.07 Å². The number of hydrogen-bond acceptors (Lipinski definition) is 5. The summed E-state index contributed by atoms with van der Waals surface area (Å²) in [5.41, 5.74) is 0. The Kier molecular flexibility index (Phi) is 2.70. The highest BCUT2D eigenvalue weighted by atomic mass is 32.2. The third-order valence-corrected chi connectivity index (χ3v) is 5.27. The van der Waals surface area contributed by atoms with E-state index in [1.54, 1.807) is 7.05 Å². The van der Waals surface area contributed by atoms with Gasteiger partial charge in [-0.15, -0.1) is 0 Å². The zero-order valence-electron chi connectivity index (χ0n) is 10.1. The van der Waals surface area contributed by atoms with Gasteiger partial charge in [0.15, 0.2) is 10.8 Å². The predicted molar refractivity (Wildman–Crippen MR) is 61.2 cm³/mol. The molecule has 7 nitrogen and oxygen atoms in total. The topological polar surface area (TPSA) is 73.7 Å². The maximum Gasteiger partial charge on any atom is 0.260 e. The Bertz CT molecular complexity index is 547. The van der Waals surface area contributed by atoms with Crippen LogP contribution in [0.3, 0.4) is 0 Å². The summed E-state index contributed by atoms with van der Waals surface area (Å²) in [7, 11) is -1.90. The van der Waals surface area contributed by atoms with Gasteiger partial charge in [0.05, 0.1) is 26.0 Å². The van der Waals surface area contributed by atoms with Gasteiger partial charge < -0.3 is 9.47 Å². The summed E-state index contributed by atoms with van der Waals surface area (Å²) in [5.74, 6) is -0.730. The van der Waals surface area contributed by atoms with Crippen molar-refractivity contribution in [2.24, 2.45) is 7.05 Å². The first kappa shape index (κ1) is 12.1. The van der Waals surface area contributed by atoms with Crippen LogP contribution >= 0.6 is 0 Å². The second kappa shape index (κ2) is 4.02. The largest absolute Gasteiger partial charge is 0.346 e. The van der Waals surface area contributed by atoms with Gasteiger partial charge in [0.2, 0.25) is 0 Å². The van der Waals surface area contributed by atoms with Crippen LogP contribution in [0.2, 0.25) is 0 Å². The molecule has 0 aromatic carbocycles. The van der Waals surface area contributed by atoms with E-state index in [0.29, 0.717) is 26.2 Å². The molecule has 3 heterocycles. The Morgan fingerprint density at radius 2 is 2.11 bits per heavy atom. The average Bonchev–Trinajstić information content (AvgIpc) is 3.02. The number of aryl methyl sites for hydroxylation is 1. The Labute approximate surface area is 105 Å². The first-order valence-corrected chi connectivity index (χ1v) is 7.24. The van der Waals surface area contributed by atoms with Gasteiger partial charge in [0, 0.05) is 20.0 Å². The summed E-state index contributed by atoms with van der Waals surface area (Å²) in [5, 5.41) is 4.08. The fraction of sp³-hybridized carbons (Fsp3) is 0.700. The number of hydrogen-bond donors (Lipinski definition) is 0. The third-order valence-electron chi connectivity index (χ3n) is 3.35. The molecule has 0 N–H and O–H groups in total. The van der Waals surface area contributed by atoms with E-state index in [0.717, 1.165) is 0 Å². The van der Waals surface area contributed by atoms with Crippen LogP contribution in [0.25, 0.3) is 0 Å². The van der Waals surface area contributed by atoms with Crippen LogP contribution < -0.4 is 0 Å². The lowest BCUT2D eigenvalue weighted by Crippen LogP contribution is -2.37. The van der Waals surface area contributed by atoms with Crippen molar-refractivity contribution in [3.63, 3.8) is 0 Å². The fourth-order valence-corrected chi connectivity index (χ4v) is 3.98. The Morgan fingerprint density at radius 1 is 1.39 bits per heavy atom.